The molecule has 0 fully saturated rings. The maximum Gasteiger partial charge on any atom is 0.270 e. The number of aromatic amines is 1. The van der Waals surface area contributed by atoms with Gasteiger partial charge in [0.05, 0.1) is 0 Å². The molecule has 1 N–H and O–H groups in total. The van der Waals surface area contributed by atoms with Gasteiger partial charge in [0.15, 0.2) is 0 Å². The molecule has 0 aliphatic heterocycles. The van der Waals surface area contributed by atoms with E-state index >= 15 is 0 Å². The Labute approximate surface area is 95.3 Å². The van der Waals surface area contributed by atoms with Crippen LogP contribution in [-0.4, -0.2) is 29.4 Å². The van der Waals surface area contributed by atoms with E-state index in [-0.39, 0.29) is 11.5 Å². The van der Waals surface area contributed by atoms with Gasteiger partial charge in [0.25, 0.3) is 5.91 Å². The monoisotopic (exact) mass is 222 g/mol. The van der Waals surface area contributed by atoms with Crippen molar-refractivity contribution in [2.75, 3.05) is 13.6 Å². The molecule has 88 valence electrons. The highest BCUT2D eigenvalue weighted by atomic mass is 16.2. The van der Waals surface area contributed by atoms with Crippen LogP contribution >= 0.6 is 0 Å². The van der Waals surface area contributed by atoms with Crippen molar-refractivity contribution in [1.29, 1.82) is 0 Å². The molecule has 0 saturated heterocycles. The molecule has 1 amide bonds. The molecule has 0 saturated carbocycles. The lowest BCUT2D eigenvalue weighted by atomic mass is 10.2. The second-order valence-corrected chi connectivity index (χ2v) is 3.86. The predicted molar refractivity (Wildman–Crippen MR) is 63.5 cm³/mol. The standard InChI is InChI=1S/C12H18N2O2/c1-3-4-5-9-14(2)12(16)10-7-6-8-11(15)13-10/h6-8H,3-5,9H2,1-2H3,(H,13,15). The van der Waals surface area contributed by atoms with Gasteiger partial charge in [0.1, 0.15) is 5.69 Å². The van der Waals surface area contributed by atoms with Crippen LogP contribution in [0.4, 0.5) is 0 Å². The number of H-pyrrole nitrogens is 1. The summed E-state index contributed by atoms with van der Waals surface area (Å²) in [6, 6.07) is 4.61. The summed E-state index contributed by atoms with van der Waals surface area (Å²) < 4.78 is 0. The zero-order valence-corrected chi connectivity index (χ0v) is 9.82. The number of nitrogens with zero attached hydrogens (tertiary/aromatic N) is 1. The van der Waals surface area contributed by atoms with Gasteiger partial charge in [-0.2, -0.15) is 0 Å². The zero-order chi connectivity index (χ0) is 12.0. The van der Waals surface area contributed by atoms with Crippen LogP contribution in [0.15, 0.2) is 23.0 Å². The molecule has 1 rings (SSSR count). The molecular formula is C12H18N2O2. The van der Waals surface area contributed by atoms with Gasteiger partial charge in [-0.05, 0) is 12.5 Å². The summed E-state index contributed by atoms with van der Waals surface area (Å²) in [4.78, 5) is 27.1. The number of unbranched alkanes of at least 4 members (excludes halogenated alkanes) is 2. The quantitative estimate of drug-likeness (QED) is 0.770. The first-order valence-corrected chi connectivity index (χ1v) is 5.60. The van der Waals surface area contributed by atoms with Crippen LogP contribution in [0.2, 0.25) is 0 Å². The number of aromatic nitrogens is 1. The third kappa shape index (κ3) is 3.53. The summed E-state index contributed by atoms with van der Waals surface area (Å²) >= 11 is 0. The van der Waals surface area contributed by atoms with Crippen LogP contribution in [0.1, 0.15) is 36.7 Å². The first kappa shape index (κ1) is 12.5. The molecule has 0 spiro atoms. The lowest BCUT2D eigenvalue weighted by molar-refractivity contribution is 0.0786. The van der Waals surface area contributed by atoms with Gasteiger partial charge >= 0.3 is 0 Å². The Balaban J connectivity index is 2.60. The van der Waals surface area contributed by atoms with Crippen molar-refractivity contribution in [3.8, 4) is 0 Å². The third-order valence-corrected chi connectivity index (χ3v) is 2.44. The number of hydrogen-bond acceptors (Lipinski definition) is 2. The maximum atomic E-state index is 11.8. The molecule has 1 aromatic rings. The fourth-order valence-corrected chi connectivity index (χ4v) is 1.48. The number of hydrogen-bond donors (Lipinski definition) is 1. The SMILES string of the molecule is CCCCCN(C)C(=O)c1cccc(=O)[nH]1. The Hall–Kier alpha value is -1.58. The number of nitrogens with one attached hydrogen (secondary N) is 1. The molecule has 4 nitrogen and oxygen atoms in total. The van der Waals surface area contributed by atoms with Gasteiger partial charge in [-0.15, -0.1) is 0 Å². The average Bonchev–Trinajstić information content (AvgIpc) is 2.28. The van der Waals surface area contributed by atoms with Gasteiger partial charge in [0, 0.05) is 19.7 Å². The van der Waals surface area contributed by atoms with Crippen LogP contribution in [0, 0.1) is 0 Å². The molecular weight excluding hydrogens is 204 g/mol. The van der Waals surface area contributed by atoms with E-state index in [1.54, 1.807) is 24.1 Å². The Morgan fingerprint density at radius 1 is 1.38 bits per heavy atom. The van der Waals surface area contributed by atoms with Crippen molar-refractivity contribution in [3.05, 3.63) is 34.2 Å². The first-order valence-electron chi connectivity index (χ1n) is 5.60. The summed E-state index contributed by atoms with van der Waals surface area (Å²) in [6.07, 6.45) is 3.24. The fourth-order valence-electron chi connectivity index (χ4n) is 1.48. The average molecular weight is 222 g/mol. The minimum Gasteiger partial charge on any atom is -0.340 e. The van der Waals surface area contributed by atoms with Crippen molar-refractivity contribution in [1.82, 2.24) is 9.88 Å². The number of amides is 1. The summed E-state index contributed by atoms with van der Waals surface area (Å²) in [5.74, 6) is -0.131. The molecule has 0 aliphatic rings. The highest BCUT2D eigenvalue weighted by molar-refractivity contribution is 5.91. The van der Waals surface area contributed by atoms with E-state index in [2.05, 4.69) is 11.9 Å². The lowest BCUT2D eigenvalue weighted by Crippen LogP contribution is -2.29. The second kappa shape index (κ2) is 6.10. The van der Waals surface area contributed by atoms with Crippen LogP contribution in [0.25, 0.3) is 0 Å². The molecule has 0 radical (unpaired) electrons. The molecule has 0 bridgehead atoms. The van der Waals surface area contributed by atoms with Crippen molar-refractivity contribution in [2.24, 2.45) is 0 Å². The largest absolute Gasteiger partial charge is 0.340 e. The van der Waals surface area contributed by atoms with Crippen molar-refractivity contribution < 1.29 is 4.79 Å². The Morgan fingerprint density at radius 2 is 2.12 bits per heavy atom. The molecule has 4 heteroatoms. The van der Waals surface area contributed by atoms with Gasteiger partial charge < -0.3 is 9.88 Å². The minimum absolute atomic E-state index is 0.131. The van der Waals surface area contributed by atoms with Crippen LogP contribution in [-0.2, 0) is 0 Å². The lowest BCUT2D eigenvalue weighted by Gasteiger charge is -2.16. The second-order valence-electron chi connectivity index (χ2n) is 3.86. The topological polar surface area (TPSA) is 53.2 Å². The summed E-state index contributed by atoms with van der Waals surface area (Å²) in [5.41, 5.74) is 0.110. The van der Waals surface area contributed by atoms with E-state index in [1.807, 2.05) is 0 Å². The zero-order valence-electron chi connectivity index (χ0n) is 9.82. The molecule has 1 heterocycles. The van der Waals surface area contributed by atoms with Crippen molar-refractivity contribution in [3.63, 3.8) is 0 Å². The van der Waals surface area contributed by atoms with E-state index in [9.17, 15) is 9.59 Å². The van der Waals surface area contributed by atoms with Crippen LogP contribution in [0.3, 0.4) is 0 Å². The molecule has 16 heavy (non-hydrogen) atoms. The third-order valence-electron chi connectivity index (χ3n) is 2.44. The molecule has 1 aromatic heterocycles. The van der Waals surface area contributed by atoms with Gasteiger partial charge in [-0.3, -0.25) is 9.59 Å². The predicted octanol–water partition coefficient (Wildman–Crippen LogP) is 1.64. The number of carbonyl (C=O) groups excluding carboxylic acids is 1. The highest BCUT2D eigenvalue weighted by Crippen LogP contribution is 2.01. The summed E-state index contributed by atoms with van der Waals surface area (Å²) in [5, 5.41) is 0. The van der Waals surface area contributed by atoms with E-state index < -0.39 is 0 Å². The number of rotatable bonds is 5. The number of carbonyl (C=O) groups is 1. The molecule has 0 aliphatic carbocycles. The summed E-state index contributed by atoms with van der Waals surface area (Å²) in [6.45, 7) is 2.85. The molecule has 0 atom stereocenters. The highest BCUT2D eigenvalue weighted by Gasteiger charge is 2.11. The normalized spacial score (nSPS) is 10.1. The smallest absolute Gasteiger partial charge is 0.270 e. The van der Waals surface area contributed by atoms with E-state index in [0.29, 0.717) is 5.69 Å². The number of pyridine rings is 1. The van der Waals surface area contributed by atoms with Crippen molar-refractivity contribution >= 4 is 5.91 Å². The Kier molecular flexibility index (Phi) is 4.76. The van der Waals surface area contributed by atoms with E-state index in [4.69, 9.17) is 0 Å². The van der Waals surface area contributed by atoms with E-state index in [1.165, 1.54) is 6.07 Å². The fraction of sp³-hybridized carbons (Fsp3) is 0.500. The Morgan fingerprint density at radius 3 is 2.75 bits per heavy atom. The minimum atomic E-state index is -0.243. The first-order chi connectivity index (χ1) is 7.65. The van der Waals surface area contributed by atoms with Crippen molar-refractivity contribution in [2.45, 2.75) is 26.2 Å². The van der Waals surface area contributed by atoms with Crippen LogP contribution < -0.4 is 5.56 Å². The van der Waals surface area contributed by atoms with Gasteiger partial charge in [0.2, 0.25) is 5.56 Å². The molecule has 0 aromatic carbocycles. The molecule has 0 unspecified atom stereocenters. The van der Waals surface area contributed by atoms with Gasteiger partial charge in [-0.25, -0.2) is 0 Å². The van der Waals surface area contributed by atoms with Crippen LogP contribution in [0.5, 0.6) is 0 Å². The van der Waals surface area contributed by atoms with Gasteiger partial charge in [-0.1, -0.05) is 25.8 Å². The maximum absolute atomic E-state index is 11.8. The Bertz CT molecular complexity index is 398. The van der Waals surface area contributed by atoms with E-state index in [0.717, 1.165) is 25.8 Å². The summed E-state index contributed by atoms with van der Waals surface area (Å²) in [7, 11) is 1.75.